The van der Waals surface area contributed by atoms with Crippen molar-refractivity contribution in [1.82, 2.24) is 0 Å². The van der Waals surface area contributed by atoms with Crippen molar-refractivity contribution < 1.29 is 32.4 Å². The van der Waals surface area contributed by atoms with Gasteiger partial charge in [-0.05, 0) is 36.4 Å². The summed E-state index contributed by atoms with van der Waals surface area (Å²) >= 11 is 0.460. The van der Waals surface area contributed by atoms with Crippen molar-refractivity contribution in [2.45, 2.75) is 9.79 Å². The minimum Gasteiger partial charge on any atom is -0.321 e. The van der Waals surface area contributed by atoms with Crippen molar-refractivity contribution in [2.75, 3.05) is 19.4 Å². The zero-order valence-electron chi connectivity index (χ0n) is 15.0. The molecule has 0 aromatic heterocycles. The zero-order valence-corrected chi connectivity index (χ0v) is 16.6. The van der Waals surface area contributed by atoms with Crippen molar-refractivity contribution in [3.8, 4) is 0 Å². The maximum Gasteiger partial charge on any atom is 0.296 e. The number of nitrogens with zero attached hydrogens (tertiary/aromatic N) is 4. The maximum absolute atomic E-state index is 12.5. The van der Waals surface area contributed by atoms with Gasteiger partial charge in [-0.25, -0.2) is 5.26 Å². The van der Waals surface area contributed by atoms with E-state index in [-0.39, 0.29) is 21.8 Å². The highest BCUT2D eigenvalue weighted by atomic mass is 32.2. The molecule has 0 atom stereocenters. The van der Waals surface area contributed by atoms with Crippen LogP contribution in [0.1, 0.15) is 10.4 Å². The molecule has 2 aromatic rings. The molecule has 12 nitrogen and oxygen atoms in total. The first-order valence-electron chi connectivity index (χ1n) is 7.61. The van der Waals surface area contributed by atoms with E-state index in [2.05, 4.69) is 35.1 Å². The van der Waals surface area contributed by atoms with E-state index in [9.17, 15) is 17.8 Å². The van der Waals surface area contributed by atoms with Gasteiger partial charge >= 0.3 is 0 Å². The number of hydrogen-bond acceptors (Lipinski definition) is 11. The second-order valence-electron chi connectivity index (χ2n) is 5.12. The molecule has 0 fully saturated rings. The fourth-order valence-electron chi connectivity index (χ4n) is 2.15. The summed E-state index contributed by atoms with van der Waals surface area (Å²) in [6.07, 6.45) is 0. The first-order valence-corrected chi connectivity index (χ1v) is 9.79. The van der Waals surface area contributed by atoms with Crippen LogP contribution >= 0.6 is 12.0 Å². The molecule has 0 spiro atoms. The number of azo groups is 2. The Morgan fingerprint density at radius 1 is 1.10 bits per heavy atom. The molecular weight excluding hydrogens is 426 g/mol. The van der Waals surface area contributed by atoms with Crippen LogP contribution in [0.3, 0.4) is 0 Å². The largest absolute Gasteiger partial charge is 0.321 e. The van der Waals surface area contributed by atoms with E-state index < -0.39 is 20.9 Å². The maximum atomic E-state index is 12.5. The fourth-order valence-corrected chi connectivity index (χ4v) is 3.24. The smallest absolute Gasteiger partial charge is 0.296 e. The lowest BCUT2D eigenvalue weighted by Gasteiger charge is -2.12. The molecule has 0 saturated carbocycles. The third-order valence-electron chi connectivity index (χ3n) is 3.29. The first kappa shape index (κ1) is 22.5. The molecule has 2 rings (SSSR count). The Morgan fingerprint density at radius 3 is 2.31 bits per heavy atom. The lowest BCUT2D eigenvalue weighted by molar-refractivity contribution is -0.432. The van der Waals surface area contributed by atoms with Crippen molar-refractivity contribution in [3.63, 3.8) is 0 Å². The number of nitrogens with one attached hydrogen (secondary N) is 1. The second kappa shape index (κ2) is 10.1. The number of anilines is 1. The Bertz CT molecular complexity index is 1040. The average Bonchev–Trinajstić information content (AvgIpc) is 2.67. The second-order valence-corrected chi connectivity index (χ2v) is 7.25. The molecule has 0 aliphatic heterocycles. The Labute approximate surface area is 169 Å². The zero-order chi connectivity index (χ0) is 21.4. The Kier molecular flexibility index (Phi) is 7.89. The quantitative estimate of drug-likeness (QED) is 0.181. The van der Waals surface area contributed by atoms with Crippen molar-refractivity contribution in [1.29, 1.82) is 0 Å². The summed E-state index contributed by atoms with van der Waals surface area (Å²) in [6, 6.07) is 8.25. The van der Waals surface area contributed by atoms with E-state index in [1.54, 1.807) is 12.1 Å². The van der Waals surface area contributed by atoms with Gasteiger partial charge < -0.3 is 5.32 Å². The van der Waals surface area contributed by atoms with E-state index in [1.807, 2.05) is 0 Å². The van der Waals surface area contributed by atoms with E-state index in [0.717, 1.165) is 6.07 Å². The van der Waals surface area contributed by atoms with Crippen LogP contribution in [-0.2, 0) is 19.5 Å². The van der Waals surface area contributed by atoms with Crippen molar-refractivity contribution >= 4 is 45.1 Å². The van der Waals surface area contributed by atoms with E-state index in [1.165, 1.54) is 32.3 Å². The lowest BCUT2D eigenvalue weighted by Crippen LogP contribution is -2.13. The molecule has 14 heteroatoms. The Balaban J connectivity index is 2.46. The Hall–Kier alpha value is -2.75. The predicted octanol–water partition coefficient (Wildman–Crippen LogP) is 4.04. The molecule has 1 amide bonds. The summed E-state index contributed by atoms with van der Waals surface area (Å²) in [5.41, 5.74) is 0.501. The van der Waals surface area contributed by atoms with E-state index in [4.69, 9.17) is 5.26 Å². The third kappa shape index (κ3) is 6.11. The summed E-state index contributed by atoms with van der Waals surface area (Å²) in [4.78, 5) is 12.0. The summed E-state index contributed by atoms with van der Waals surface area (Å²) in [7, 11) is -1.88. The lowest BCUT2D eigenvalue weighted by atomic mass is 10.2. The van der Waals surface area contributed by atoms with Gasteiger partial charge in [-0.1, -0.05) is 5.04 Å². The molecule has 0 aliphatic carbocycles. The van der Waals surface area contributed by atoms with Crippen LogP contribution in [0.2, 0.25) is 0 Å². The van der Waals surface area contributed by atoms with Crippen LogP contribution in [0.4, 0.5) is 17.1 Å². The molecular formula is C15H15N5O7S2. The normalized spacial score (nSPS) is 12.0. The molecule has 2 aromatic carbocycles. The number of rotatable bonds is 8. The third-order valence-corrected chi connectivity index (χ3v) is 4.82. The van der Waals surface area contributed by atoms with Crippen LogP contribution in [0, 0.1) is 0 Å². The highest BCUT2D eigenvalue weighted by Crippen LogP contribution is 2.37. The molecule has 0 aliphatic rings. The summed E-state index contributed by atoms with van der Waals surface area (Å²) in [5, 5.41) is 29.0. The van der Waals surface area contributed by atoms with Crippen LogP contribution < -0.4 is 5.32 Å². The molecule has 29 heavy (non-hydrogen) atoms. The van der Waals surface area contributed by atoms with Crippen LogP contribution in [0.15, 0.2) is 66.6 Å². The number of hydrogen-bond donors (Lipinski definition) is 3. The van der Waals surface area contributed by atoms with Gasteiger partial charge in [0.05, 0.1) is 28.3 Å². The van der Waals surface area contributed by atoms with Gasteiger partial charge in [-0.3, -0.25) is 9.35 Å². The first-order chi connectivity index (χ1) is 13.8. The molecule has 0 radical (unpaired) electrons. The van der Waals surface area contributed by atoms with Gasteiger partial charge in [0.25, 0.3) is 16.0 Å². The summed E-state index contributed by atoms with van der Waals surface area (Å²) in [5.74, 6) is -0.595. The predicted molar refractivity (Wildman–Crippen MR) is 102 cm³/mol. The van der Waals surface area contributed by atoms with Crippen LogP contribution in [0.5, 0.6) is 0 Å². The standard InChI is InChI=1S/C15H15N5O7S2/c1-16-19-10-5-3-9(4-6-10)15(21)18-11-8-14(29(23,24)25)12(20-17-2)7-13(11)28-27-26-22/h3-8,22H,1-2H3,(H,18,21)(H,23,24,25)/b19-16+,20-17+. The fraction of sp³-hybridized carbons (Fsp3) is 0.133. The number of amides is 1. The highest BCUT2D eigenvalue weighted by Gasteiger charge is 2.21. The summed E-state index contributed by atoms with van der Waals surface area (Å²) in [6.45, 7) is 0. The molecule has 0 bridgehead atoms. The van der Waals surface area contributed by atoms with E-state index in [0.29, 0.717) is 17.7 Å². The van der Waals surface area contributed by atoms with Crippen molar-refractivity contribution in [2.24, 2.45) is 20.5 Å². The number of carbonyl (C=O) groups excluding carboxylic acids is 1. The van der Waals surface area contributed by atoms with Crippen molar-refractivity contribution in [3.05, 3.63) is 42.0 Å². The average molecular weight is 441 g/mol. The molecule has 0 saturated heterocycles. The van der Waals surface area contributed by atoms with E-state index >= 15 is 0 Å². The molecule has 0 unspecified atom stereocenters. The minimum atomic E-state index is -4.69. The number of carbonyl (C=O) groups is 1. The van der Waals surface area contributed by atoms with Gasteiger partial charge in [0.2, 0.25) is 0 Å². The monoisotopic (exact) mass is 441 g/mol. The van der Waals surface area contributed by atoms with Gasteiger partial charge in [0, 0.05) is 19.7 Å². The van der Waals surface area contributed by atoms with Gasteiger partial charge in [-0.15, -0.1) is 4.33 Å². The van der Waals surface area contributed by atoms with Crippen LogP contribution in [0.25, 0.3) is 0 Å². The van der Waals surface area contributed by atoms with Gasteiger partial charge in [-0.2, -0.15) is 28.9 Å². The summed E-state index contributed by atoms with van der Waals surface area (Å²) < 4.78 is 37.2. The SMILES string of the molecule is C/N=N/c1ccc(C(=O)Nc2cc(S(=O)(=O)O)c(/N=N/C)cc2SOOO)cc1. The van der Waals surface area contributed by atoms with Gasteiger partial charge in [0.15, 0.2) is 0 Å². The molecule has 0 heterocycles. The van der Waals surface area contributed by atoms with Crippen LogP contribution in [-0.4, -0.2) is 38.2 Å². The minimum absolute atomic E-state index is 0.0583. The highest BCUT2D eigenvalue weighted by molar-refractivity contribution is 7.94. The molecule has 154 valence electrons. The molecule has 3 N–H and O–H groups in total. The Morgan fingerprint density at radius 2 is 1.76 bits per heavy atom. The number of benzene rings is 2. The topological polar surface area (TPSA) is 172 Å². The van der Waals surface area contributed by atoms with Gasteiger partial charge in [0.1, 0.15) is 10.6 Å².